The predicted octanol–water partition coefficient (Wildman–Crippen LogP) is 2.53. The van der Waals surface area contributed by atoms with E-state index in [0.29, 0.717) is 0 Å². The molecular formula is C13H17BrN4. The van der Waals surface area contributed by atoms with Crippen molar-refractivity contribution in [1.82, 2.24) is 15.0 Å². The Morgan fingerprint density at radius 2 is 2.28 bits per heavy atom. The Bertz CT molecular complexity index is 536. The van der Waals surface area contributed by atoms with Gasteiger partial charge in [-0.05, 0) is 31.0 Å². The van der Waals surface area contributed by atoms with Crippen molar-refractivity contribution >= 4 is 15.9 Å². The van der Waals surface area contributed by atoms with Crippen molar-refractivity contribution in [2.75, 3.05) is 0 Å². The third-order valence-electron chi connectivity index (χ3n) is 2.98. The molecular weight excluding hydrogens is 292 g/mol. The van der Waals surface area contributed by atoms with Gasteiger partial charge in [-0.25, -0.2) is 10.4 Å². The SMILES string of the molecule is CCn1ccnc1C(NN)c1ccc(C)cc1Br. The maximum Gasteiger partial charge on any atom is 0.131 e. The van der Waals surface area contributed by atoms with Gasteiger partial charge in [0.1, 0.15) is 11.9 Å². The normalized spacial score (nSPS) is 12.7. The van der Waals surface area contributed by atoms with Crippen LogP contribution in [-0.4, -0.2) is 9.55 Å². The smallest absolute Gasteiger partial charge is 0.131 e. The molecule has 18 heavy (non-hydrogen) atoms. The number of nitrogens with zero attached hydrogens (tertiary/aromatic N) is 2. The van der Waals surface area contributed by atoms with Crippen LogP contribution in [0.2, 0.25) is 0 Å². The number of hydrazine groups is 1. The van der Waals surface area contributed by atoms with Crippen molar-refractivity contribution in [3.63, 3.8) is 0 Å². The first-order valence-corrected chi connectivity index (χ1v) is 6.69. The molecule has 1 aromatic carbocycles. The molecule has 2 aromatic rings. The summed E-state index contributed by atoms with van der Waals surface area (Å²) in [4.78, 5) is 4.40. The van der Waals surface area contributed by atoms with Crippen LogP contribution in [0.3, 0.4) is 0 Å². The summed E-state index contributed by atoms with van der Waals surface area (Å²) in [5, 5.41) is 0. The first-order valence-electron chi connectivity index (χ1n) is 5.90. The van der Waals surface area contributed by atoms with E-state index in [1.807, 2.05) is 6.20 Å². The summed E-state index contributed by atoms with van der Waals surface area (Å²) in [6.45, 7) is 5.02. The highest BCUT2D eigenvalue weighted by molar-refractivity contribution is 9.10. The lowest BCUT2D eigenvalue weighted by atomic mass is 10.0. The number of hydrogen-bond donors (Lipinski definition) is 2. The van der Waals surface area contributed by atoms with E-state index in [2.05, 4.69) is 63.0 Å². The summed E-state index contributed by atoms with van der Waals surface area (Å²) in [6, 6.07) is 6.11. The number of nitrogens with two attached hydrogens (primary N) is 1. The molecule has 0 bridgehead atoms. The topological polar surface area (TPSA) is 55.9 Å². The van der Waals surface area contributed by atoms with Crippen molar-refractivity contribution in [2.45, 2.75) is 26.4 Å². The van der Waals surface area contributed by atoms with E-state index in [4.69, 9.17) is 5.84 Å². The van der Waals surface area contributed by atoms with E-state index in [0.717, 1.165) is 22.4 Å². The van der Waals surface area contributed by atoms with Crippen LogP contribution in [0.15, 0.2) is 35.1 Å². The van der Waals surface area contributed by atoms with Gasteiger partial charge in [0.05, 0.1) is 0 Å². The first kappa shape index (κ1) is 13.3. The lowest BCUT2D eigenvalue weighted by molar-refractivity contribution is 0.559. The summed E-state index contributed by atoms with van der Waals surface area (Å²) in [6.07, 6.45) is 3.76. The summed E-state index contributed by atoms with van der Waals surface area (Å²) in [5.74, 6) is 6.62. The van der Waals surface area contributed by atoms with Crippen LogP contribution in [0.4, 0.5) is 0 Å². The summed E-state index contributed by atoms with van der Waals surface area (Å²) < 4.78 is 3.12. The Balaban J connectivity index is 2.45. The fourth-order valence-electron chi connectivity index (χ4n) is 2.02. The van der Waals surface area contributed by atoms with E-state index in [9.17, 15) is 0 Å². The number of aryl methyl sites for hydroxylation is 2. The van der Waals surface area contributed by atoms with Gasteiger partial charge < -0.3 is 4.57 Å². The van der Waals surface area contributed by atoms with Gasteiger partial charge in [0, 0.05) is 23.4 Å². The second-order valence-corrected chi connectivity index (χ2v) is 5.05. The van der Waals surface area contributed by atoms with Crippen LogP contribution in [0.5, 0.6) is 0 Å². The third kappa shape index (κ3) is 2.48. The average Bonchev–Trinajstić information content (AvgIpc) is 2.81. The number of imidazole rings is 1. The van der Waals surface area contributed by atoms with Crippen molar-refractivity contribution in [3.05, 3.63) is 52.0 Å². The highest BCUT2D eigenvalue weighted by Crippen LogP contribution is 2.28. The van der Waals surface area contributed by atoms with Crippen molar-refractivity contribution in [1.29, 1.82) is 0 Å². The molecule has 5 heteroatoms. The molecule has 0 saturated carbocycles. The molecule has 1 atom stereocenters. The molecule has 0 aliphatic carbocycles. The third-order valence-corrected chi connectivity index (χ3v) is 3.67. The van der Waals surface area contributed by atoms with Gasteiger partial charge in [0.2, 0.25) is 0 Å². The molecule has 96 valence electrons. The molecule has 0 saturated heterocycles. The van der Waals surface area contributed by atoms with E-state index in [1.165, 1.54) is 5.56 Å². The standard InChI is InChI=1S/C13H17BrN4/c1-3-18-7-6-16-13(18)12(17-15)10-5-4-9(2)8-11(10)14/h4-8,12,17H,3,15H2,1-2H3. The van der Waals surface area contributed by atoms with Crippen molar-refractivity contribution < 1.29 is 0 Å². The zero-order valence-corrected chi connectivity index (χ0v) is 12.1. The highest BCUT2D eigenvalue weighted by Gasteiger charge is 2.19. The molecule has 4 nitrogen and oxygen atoms in total. The number of benzene rings is 1. The van der Waals surface area contributed by atoms with Crippen molar-refractivity contribution in [2.24, 2.45) is 5.84 Å². The largest absolute Gasteiger partial charge is 0.334 e. The van der Waals surface area contributed by atoms with E-state index in [1.54, 1.807) is 6.20 Å². The molecule has 0 fully saturated rings. The molecule has 0 aliphatic heterocycles. The Morgan fingerprint density at radius 3 is 2.89 bits per heavy atom. The van der Waals surface area contributed by atoms with Crippen LogP contribution in [0, 0.1) is 6.92 Å². The predicted molar refractivity (Wildman–Crippen MR) is 75.9 cm³/mol. The van der Waals surface area contributed by atoms with Gasteiger partial charge in [-0.15, -0.1) is 0 Å². The molecule has 1 aromatic heterocycles. The van der Waals surface area contributed by atoms with E-state index < -0.39 is 0 Å². The zero-order valence-electron chi connectivity index (χ0n) is 10.5. The Morgan fingerprint density at radius 1 is 1.50 bits per heavy atom. The first-order chi connectivity index (χ1) is 8.67. The molecule has 0 radical (unpaired) electrons. The number of halogens is 1. The van der Waals surface area contributed by atoms with Crippen LogP contribution < -0.4 is 11.3 Å². The molecule has 1 unspecified atom stereocenters. The van der Waals surface area contributed by atoms with Gasteiger partial charge in [-0.1, -0.05) is 28.1 Å². The molecule has 0 amide bonds. The molecule has 0 spiro atoms. The minimum absolute atomic E-state index is 0.116. The molecule has 2 rings (SSSR count). The van der Waals surface area contributed by atoms with Crippen LogP contribution >= 0.6 is 15.9 Å². The Hall–Kier alpha value is -1.17. The Labute approximate surface area is 115 Å². The van der Waals surface area contributed by atoms with Gasteiger partial charge in [0.15, 0.2) is 0 Å². The maximum atomic E-state index is 5.70. The quantitative estimate of drug-likeness (QED) is 0.674. The highest BCUT2D eigenvalue weighted by atomic mass is 79.9. The number of rotatable bonds is 4. The summed E-state index contributed by atoms with van der Waals surface area (Å²) >= 11 is 3.59. The van der Waals surface area contributed by atoms with Crippen molar-refractivity contribution in [3.8, 4) is 0 Å². The monoisotopic (exact) mass is 308 g/mol. The van der Waals surface area contributed by atoms with Crippen LogP contribution in [-0.2, 0) is 6.54 Å². The summed E-state index contributed by atoms with van der Waals surface area (Å²) in [5.41, 5.74) is 5.14. The number of hydrogen-bond acceptors (Lipinski definition) is 3. The van der Waals surface area contributed by atoms with Gasteiger partial charge >= 0.3 is 0 Å². The van der Waals surface area contributed by atoms with E-state index in [-0.39, 0.29) is 6.04 Å². The lowest BCUT2D eigenvalue weighted by Gasteiger charge is -2.18. The minimum Gasteiger partial charge on any atom is -0.334 e. The van der Waals surface area contributed by atoms with E-state index >= 15 is 0 Å². The molecule has 1 heterocycles. The number of nitrogens with one attached hydrogen (secondary N) is 1. The van der Waals surface area contributed by atoms with Gasteiger partial charge in [0.25, 0.3) is 0 Å². The zero-order chi connectivity index (χ0) is 13.1. The van der Waals surface area contributed by atoms with Crippen LogP contribution in [0.25, 0.3) is 0 Å². The van der Waals surface area contributed by atoms with Gasteiger partial charge in [-0.3, -0.25) is 5.84 Å². The number of aromatic nitrogens is 2. The fraction of sp³-hybridized carbons (Fsp3) is 0.308. The minimum atomic E-state index is -0.116. The fourth-order valence-corrected chi connectivity index (χ4v) is 2.74. The Kier molecular flexibility index (Phi) is 4.16. The maximum absolute atomic E-state index is 5.70. The molecule has 3 N–H and O–H groups in total. The second kappa shape index (κ2) is 5.65. The van der Waals surface area contributed by atoms with Gasteiger partial charge in [-0.2, -0.15) is 0 Å². The molecule has 0 aliphatic rings. The average molecular weight is 309 g/mol. The lowest BCUT2D eigenvalue weighted by Crippen LogP contribution is -2.31. The van der Waals surface area contributed by atoms with Crippen LogP contribution in [0.1, 0.15) is 29.9 Å². The summed E-state index contributed by atoms with van der Waals surface area (Å²) in [7, 11) is 0. The second-order valence-electron chi connectivity index (χ2n) is 4.20.